The molecule has 3 aromatic rings. The van der Waals surface area contributed by atoms with Crippen LogP contribution in [-0.2, 0) is 20.6 Å². The molecule has 0 amide bonds. The second kappa shape index (κ2) is 5.99. The lowest BCUT2D eigenvalue weighted by Crippen LogP contribution is -2.37. The molecule has 1 N–H and O–H groups in total. The van der Waals surface area contributed by atoms with E-state index in [0.29, 0.717) is 30.2 Å². The predicted octanol–water partition coefficient (Wildman–Crippen LogP) is 1.22. The minimum atomic E-state index is -0.379. The van der Waals surface area contributed by atoms with E-state index >= 15 is 0 Å². The Kier molecular flexibility index (Phi) is 4.01. The second-order valence-corrected chi connectivity index (χ2v) is 5.92. The van der Waals surface area contributed by atoms with Crippen molar-refractivity contribution < 1.29 is 0 Å². The molecule has 7 nitrogen and oxygen atoms in total. The zero-order valence-corrected chi connectivity index (χ0v) is 14.3. The van der Waals surface area contributed by atoms with Gasteiger partial charge in [0.05, 0.1) is 6.54 Å². The molecule has 0 spiro atoms. The highest BCUT2D eigenvalue weighted by Crippen LogP contribution is 2.18. The molecule has 24 heavy (non-hydrogen) atoms. The van der Waals surface area contributed by atoms with Crippen LogP contribution in [-0.4, -0.2) is 25.2 Å². The summed E-state index contributed by atoms with van der Waals surface area (Å²) in [7, 11) is 3.11. The second-order valence-electron chi connectivity index (χ2n) is 5.92. The summed E-state index contributed by atoms with van der Waals surface area (Å²) in [5, 5.41) is 3.18. The highest BCUT2D eigenvalue weighted by Gasteiger charge is 2.18. The summed E-state index contributed by atoms with van der Waals surface area (Å²) in [5.41, 5.74) is 2.35. The van der Waals surface area contributed by atoms with E-state index in [1.807, 2.05) is 42.7 Å². The van der Waals surface area contributed by atoms with Crippen LogP contribution in [0.1, 0.15) is 18.1 Å². The van der Waals surface area contributed by atoms with Gasteiger partial charge in [0.2, 0.25) is 5.95 Å². The Bertz CT molecular complexity index is 1010. The molecule has 3 rings (SSSR count). The summed E-state index contributed by atoms with van der Waals surface area (Å²) in [5.74, 6) is 0.589. The molecule has 0 bridgehead atoms. The third kappa shape index (κ3) is 2.51. The maximum atomic E-state index is 12.6. The van der Waals surface area contributed by atoms with Crippen molar-refractivity contribution in [2.24, 2.45) is 14.1 Å². The summed E-state index contributed by atoms with van der Waals surface area (Å²) in [6, 6.07) is 8.14. The fourth-order valence-corrected chi connectivity index (χ4v) is 2.77. The van der Waals surface area contributed by atoms with Crippen LogP contribution in [0.3, 0.4) is 0 Å². The number of hydrogen-bond acceptors (Lipinski definition) is 4. The van der Waals surface area contributed by atoms with Gasteiger partial charge in [-0.2, -0.15) is 4.98 Å². The van der Waals surface area contributed by atoms with Crippen LogP contribution >= 0.6 is 0 Å². The van der Waals surface area contributed by atoms with E-state index in [0.717, 1.165) is 10.1 Å². The molecule has 126 valence electrons. The fraction of sp³-hybridized carbons (Fsp3) is 0.353. The smallest absolute Gasteiger partial charge is 0.332 e. The molecule has 0 atom stereocenters. The summed E-state index contributed by atoms with van der Waals surface area (Å²) in [4.78, 5) is 29.3. The van der Waals surface area contributed by atoms with Gasteiger partial charge in [0, 0.05) is 20.6 Å². The van der Waals surface area contributed by atoms with Gasteiger partial charge in [-0.05, 0) is 19.4 Å². The van der Waals surface area contributed by atoms with Crippen molar-refractivity contribution in [2.45, 2.75) is 20.4 Å². The molecule has 2 aromatic heterocycles. The molecule has 2 heterocycles. The molecule has 7 heteroatoms. The molecule has 0 aliphatic rings. The first kappa shape index (κ1) is 16.0. The monoisotopic (exact) mass is 327 g/mol. The van der Waals surface area contributed by atoms with Crippen LogP contribution < -0.4 is 16.6 Å². The Morgan fingerprint density at radius 1 is 1.08 bits per heavy atom. The minimum absolute atomic E-state index is 0.336. The standard InChI is InChI=1S/C17H21N5O2/c1-5-18-16-19-14-13(15(23)21(4)17(24)20(14)3)22(16)10-12-8-6-11(2)7-9-12/h6-9H,5,10H2,1-4H3,(H,18,19). The van der Waals surface area contributed by atoms with Crippen molar-refractivity contribution in [3.8, 4) is 0 Å². The van der Waals surface area contributed by atoms with Gasteiger partial charge >= 0.3 is 5.69 Å². The molecule has 1 aromatic carbocycles. The van der Waals surface area contributed by atoms with Crippen molar-refractivity contribution in [1.82, 2.24) is 18.7 Å². The van der Waals surface area contributed by atoms with E-state index in [1.165, 1.54) is 17.2 Å². The van der Waals surface area contributed by atoms with Crippen LogP contribution in [0.4, 0.5) is 5.95 Å². The number of nitrogens with zero attached hydrogens (tertiary/aromatic N) is 4. The van der Waals surface area contributed by atoms with E-state index < -0.39 is 0 Å². The Morgan fingerprint density at radius 2 is 1.75 bits per heavy atom. The Balaban J connectivity index is 2.28. The minimum Gasteiger partial charge on any atom is -0.356 e. The Labute approximate surface area is 139 Å². The van der Waals surface area contributed by atoms with Gasteiger partial charge < -0.3 is 5.32 Å². The number of aromatic nitrogens is 4. The lowest BCUT2D eigenvalue weighted by molar-refractivity contribution is 0.702. The first-order chi connectivity index (χ1) is 11.4. The molecular formula is C17H21N5O2. The number of imidazole rings is 1. The van der Waals surface area contributed by atoms with E-state index in [4.69, 9.17) is 0 Å². The van der Waals surface area contributed by atoms with E-state index in [9.17, 15) is 9.59 Å². The summed E-state index contributed by atoms with van der Waals surface area (Å²) < 4.78 is 4.36. The van der Waals surface area contributed by atoms with Gasteiger partial charge in [0.25, 0.3) is 5.56 Å². The van der Waals surface area contributed by atoms with Crippen LogP contribution in [0.5, 0.6) is 0 Å². The molecule has 0 aliphatic carbocycles. The average molecular weight is 327 g/mol. The van der Waals surface area contributed by atoms with Crippen LogP contribution in [0.15, 0.2) is 33.9 Å². The summed E-state index contributed by atoms with van der Waals surface area (Å²) >= 11 is 0. The van der Waals surface area contributed by atoms with Gasteiger partial charge in [-0.25, -0.2) is 4.79 Å². The maximum Gasteiger partial charge on any atom is 0.332 e. The predicted molar refractivity (Wildman–Crippen MR) is 94.7 cm³/mol. The zero-order chi connectivity index (χ0) is 17.4. The zero-order valence-electron chi connectivity index (χ0n) is 14.3. The number of aryl methyl sites for hydroxylation is 2. The Morgan fingerprint density at radius 3 is 2.38 bits per heavy atom. The summed E-state index contributed by atoms with van der Waals surface area (Å²) in [6.07, 6.45) is 0. The van der Waals surface area contributed by atoms with Crippen molar-refractivity contribution in [2.75, 3.05) is 11.9 Å². The molecule has 0 saturated carbocycles. The third-order valence-corrected chi connectivity index (χ3v) is 4.14. The van der Waals surface area contributed by atoms with Crippen molar-refractivity contribution >= 4 is 17.1 Å². The first-order valence-corrected chi connectivity index (χ1v) is 7.89. The molecule has 0 unspecified atom stereocenters. The van der Waals surface area contributed by atoms with Gasteiger partial charge in [-0.15, -0.1) is 0 Å². The number of anilines is 1. The molecule has 0 aliphatic heterocycles. The molecular weight excluding hydrogens is 306 g/mol. The average Bonchev–Trinajstić information content (AvgIpc) is 2.92. The quantitative estimate of drug-likeness (QED) is 0.782. The molecule has 0 saturated heterocycles. The molecule has 0 fully saturated rings. The summed E-state index contributed by atoms with van der Waals surface area (Å²) in [6.45, 7) is 5.18. The van der Waals surface area contributed by atoms with Crippen LogP contribution in [0, 0.1) is 6.92 Å². The van der Waals surface area contributed by atoms with E-state index in [2.05, 4.69) is 10.3 Å². The van der Waals surface area contributed by atoms with Crippen molar-refractivity contribution in [3.63, 3.8) is 0 Å². The van der Waals surface area contributed by atoms with Gasteiger partial charge in [0.15, 0.2) is 11.2 Å². The number of fused-ring (bicyclic) bond motifs is 1. The van der Waals surface area contributed by atoms with Crippen LogP contribution in [0.25, 0.3) is 11.2 Å². The molecule has 0 radical (unpaired) electrons. The maximum absolute atomic E-state index is 12.6. The van der Waals surface area contributed by atoms with Crippen molar-refractivity contribution in [3.05, 3.63) is 56.2 Å². The third-order valence-electron chi connectivity index (χ3n) is 4.14. The van der Waals surface area contributed by atoms with Gasteiger partial charge in [-0.3, -0.25) is 18.5 Å². The lowest BCUT2D eigenvalue weighted by Gasteiger charge is -2.10. The highest BCUT2D eigenvalue weighted by atomic mass is 16.2. The van der Waals surface area contributed by atoms with Gasteiger partial charge in [0.1, 0.15) is 0 Å². The van der Waals surface area contributed by atoms with E-state index in [-0.39, 0.29) is 11.2 Å². The lowest BCUT2D eigenvalue weighted by atomic mass is 10.1. The normalized spacial score (nSPS) is 11.2. The first-order valence-electron chi connectivity index (χ1n) is 7.89. The highest BCUT2D eigenvalue weighted by molar-refractivity contribution is 5.74. The fourth-order valence-electron chi connectivity index (χ4n) is 2.77. The number of benzene rings is 1. The van der Waals surface area contributed by atoms with Gasteiger partial charge in [-0.1, -0.05) is 29.8 Å². The number of nitrogens with one attached hydrogen (secondary N) is 1. The van der Waals surface area contributed by atoms with E-state index in [1.54, 1.807) is 7.05 Å². The van der Waals surface area contributed by atoms with Crippen molar-refractivity contribution in [1.29, 1.82) is 0 Å². The topological polar surface area (TPSA) is 73.8 Å². The van der Waals surface area contributed by atoms with Crippen LogP contribution in [0.2, 0.25) is 0 Å². The SMILES string of the molecule is CCNc1nc2c(c(=O)n(C)c(=O)n2C)n1Cc1ccc(C)cc1. The Hall–Kier alpha value is -2.83. The largest absolute Gasteiger partial charge is 0.356 e. The number of hydrogen-bond donors (Lipinski definition) is 1. The number of rotatable bonds is 4.